The van der Waals surface area contributed by atoms with Crippen LogP contribution < -0.4 is 5.43 Å². The van der Waals surface area contributed by atoms with Gasteiger partial charge in [0.2, 0.25) is 11.2 Å². The van der Waals surface area contributed by atoms with Crippen molar-refractivity contribution in [1.82, 2.24) is 0 Å². The number of phenols is 4. The van der Waals surface area contributed by atoms with E-state index in [0.29, 0.717) is 5.56 Å². The zero-order chi connectivity index (χ0) is 27.0. The standard InChI is InChI=1S/C28H26O9/c1-13(2)14-4-6-15(7-5-14)17(11-22(33)36-3)23-20(31)12-21(32)24-25(34)26(35)27(37-28(23)24)16-8-9-18(29)19(30)10-16/h4-10,12-13,17,29-32,35H,11H2,1-3H3. The molecule has 9 heteroatoms. The van der Waals surface area contributed by atoms with Crippen LogP contribution in [0.15, 0.2) is 57.7 Å². The van der Waals surface area contributed by atoms with Crippen molar-refractivity contribution in [3.05, 3.63) is 75.4 Å². The second-order valence-electron chi connectivity index (χ2n) is 9.00. The largest absolute Gasteiger partial charge is 0.507 e. The van der Waals surface area contributed by atoms with Gasteiger partial charge in [-0.15, -0.1) is 0 Å². The number of fused-ring (bicyclic) bond motifs is 1. The predicted molar refractivity (Wildman–Crippen MR) is 135 cm³/mol. The summed E-state index contributed by atoms with van der Waals surface area (Å²) in [7, 11) is 1.23. The zero-order valence-corrected chi connectivity index (χ0v) is 20.3. The number of rotatable bonds is 6. The molecule has 0 fully saturated rings. The Morgan fingerprint density at radius 3 is 2.11 bits per heavy atom. The van der Waals surface area contributed by atoms with Crippen molar-refractivity contribution in [3.63, 3.8) is 0 Å². The SMILES string of the molecule is COC(=O)CC(c1ccc(C(C)C)cc1)c1c(O)cc(O)c2c(=O)c(O)c(-c3ccc(O)c(O)c3)oc12. The Hall–Kier alpha value is -4.66. The van der Waals surface area contributed by atoms with E-state index in [0.717, 1.165) is 23.8 Å². The molecule has 0 aliphatic rings. The van der Waals surface area contributed by atoms with Gasteiger partial charge in [0.15, 0.2) is 17.3 Å². The normalized spacial score (nSPS) is 12.1. The molecule has 5 N–H and O–H groups in total. The average Bonchev–Trinajstić information content (AvgIpc) is 2.86. The van der Waals surface area contributed by atoms with E-state index in [1.807, 2.05) is 26.0 Å². The van der Waals surface area contributed by atoms with E-state index < -0.39 is 51.4 Å². The van der Waals surface area contributed by atoms with E-state index in [1.54, 1.807) is 12.1 Å². The molecule has 3 aromatic carbocycles. The maximum atomic E-state index is 13.2. The molecule has 0 saturated heterocycles. The lowest BCUT2D eigenvalue weighted by atomic mass is 9.85. The van der Waals surface area contributed by atoms with Crippen LogP contribution >= 0.6 is 0 Å². The molecule has 0 amide bonds. The molecule has 0 saturated carbocycles. The van der Waals surface area contributed by atoms with Gasteiger partial charge in [0.05, 0.1) is 13.5 Å². The first-order valence-corrected chi connectivity index (χ1v) is 11.5. The predicted octanol–water partition coefficient (Wildman–Crippen LogP) is 4.81. The van der Waals surface area contributed by atoms with Crippen LogP contribution in [0, 0.1) is 0 Å². The second kappa shape index (κ2) is 9.77. The summed E-state index contributed by atoms with van der Waals surface area (Å²) in [6, 6.07) is 11.8. The third kappa shape index (κ3) is 4.63. The second-order valence-corrected chi connectivity index (χ2v) is 9.00. The van der Waals surface area contributed by atoms with Gasteiger partial charge in [-0.2, -0.15) is 0 Å². The van der Waals surface area contributed by atoms with E-state index in [-0.39, 0.29) is 34.8 Å². The molecule has 9 nitrogen and oxygen atoms in total. The van der Waals surface area contributed by atoms with E-state index in [9.17, 15) is 35.1 Å². The molecule has 0 aliphatic carbocycles. The van der Waals surface area contributed by atoms with Gasteiger partial charge in [0.25, 0.3) is 0 Å². The van der Waals surface area contributed by atoms with Crippen LogP contribution in [-0.2, 0) is 9.53 Å². The first-order valence-electron chi connectivity index (χ1n) is 11.5. The lowest BCUT2D eigenvalue weighted by Crippen LogP contribution is -2.12. The Balaban J connectivity index is 2.05. The van der Waals surface area contributed by atoms with Crippen molar-refractivity contribution >= 4 is 16.9 Å². The van der Waals surface area contributed by atoms with Crippen molar-refractivity contribution < 1.29 is 39.5 Å². The molecule has 0 spiro atoms. The monoisotopic (exact) mass is 506 g/mol. The minimum atomic E-state index is -0.991. The summed E-state index contributed by atoms with van der Waals surface area (Å²) < 4.78 is 10.8. The van der Waals surface area contributed by atoms with Crippen molar-refractivity contribution in [2.45, 2.75) is 32.1 Å². The average molecular weight is 507 g/mol. The minimum Gasteiger partial charge on any atom is -0.507 e. The summed E-state index contributed by atoms with van der Waals surface area (Å²) in [5.74, 6) is -4.44. The van der Waals surface area contributed by atoms with Gasteiger partial charge >= 0.3 is 5.97 Å². The summed E-state index contributed by atoms with van der Waals surface area (Å²) >= 11 is 0. The number of aromatic hydroxyl groups is 5. The molecule has 0 bridgehead atoms. The molecule has 4 aromatic rings. The van der Waals surface area contributed by atoms with E-state index in [2.05, 4.69) is 0 Å². The maximum absolute atomic E-state index is 13.2. The molecule has 1 atom stereocenters. The number of phenolic OH excluding ortho intramolecular Hbond substituents is 4. The highest BCUT2D eigenvalue weighted by atomic mass is 16.5. The van der Waals surface area contributed by atoms with E-state index in [1.165, 1.54) is 13.2 Å². The van der Waals surface area contributed by atoms with Crippen LogP contribution in [0.2, 0.25) is 0 Å². The minimum absolute atomic E-state index is 0.0249. The number of esters is 1. The lowest BCUT2D eigenvalue weighted by molar-refractivity contribution is -0.140. The van der Waals surface area contributed by atoms with E-state index in [4.69, 9.17) is 9.15 Å². The maximum Gasteiger partial charge on any atom is 0.306 e. The lowest BCUT2D eigenvalue weighted by Gasteiger charge is -2.21. The van der Waals surface area contributed by atoms with Gasteiger partial charge < -0.3 is 34.7 Å². The highest BCUT2D eigenvalue weighted by Gasteiger charge is 2.30. The van der Waals surface area contributed by atoms with Crippen LogP contribution in [-0.4, -0.2) is 38.6 Å². The first-order chi connectivity index (χ1) is 17.5. The fourth-order valence-corrected chi connectivity index (χ4v) is 4.29. The summed E-state index contributed by atoms with van der Waals surface area (Å²) in [6.07, 6.45) is -0.231. The Bertz CT molecular complexity index is 1550. The molecule has 37 heavy (non-hydrogen) atoms. The molecule has 1 heterocycles. The van der Waals surface area contributed by atoms with Crippen LogP contribution in [0.1, 0.15) is 48.8 Å². The summed E-state index contributed by atoms with van der Waals surface area (Å²) in [4.78, 5) is 25.6. The Morgan fingerprint density at radius 2 is 1.51 bits per heavy atom. The topological polar surface area (TPSA) is 158 Å². The summed E-state index contributed by atoms with van der Waals surface area (Å²) in [5.41, 5.74) is 0.477. The number of hydrogen-bond acceptors (Lipinski definition) is 9. The molecular weight excluding hydrogens is 480 g/mol. The van der Waals surface area contributed by atoms with Gasteiger partial charge in [-0.05, 0) is 35.2 Å². The number of benzene rings is 3. The number of carbonyl (C=O) groups is 1. The molecule has 4 rings (SSSR count). The summed E-state index contributed by atoms with van der Waals surface area (Å²) in [6.45, 7) is 4.06. The fraction of sp³-hybridized carbons (Fsp3) is 0.214. The zero-order valence-electron chi connectivity index (χ0n) is 20.3. The molecular formula is C28H26O9. The first kappa shape index (κ1) is 25.4. The highest BCUT2D eigenvalue weighted by Crippen LogP contribution is 2.45. The van der Waals surface area contributed by atoms with Crippen LogP contribution in [0.5, 0.6) is 28.7 Å². The Labute approximate surface area is 211 Å². The molecule has 1 aromatic heterocycles. The number of carbonyl (C=O) groups excluding carboxylic acids is 1. The molecule has 0 aliphatic heterocycles. The van der Waals surface area contributed by atoms with Gasteiger partial charge in [0, 0.05) is 23.1 Å². The molecule has 192 valence electrons. The van der Waals surface area contributed by atoms with Crippen molar-refractivity contribution in [3.8, 4) is 40.1 Å². The van der Waals surface area contributed by atoms with Crippen molar-refractivity contribution in [1.29, 1.82) is 0 Å². The Kier molecular flexibility index (Phi) is 6.72. The van der Waals surface area contributed by atoms with Gasteiger partial charge in [-0.3, -0.25) is 9.59 Å². The third-order valence-corrected chi connectivity index (χ3v) is 6.33. The van der Waals surface area contributed by atoms with Crippen LogP contribution in [0.4, 0.5) is 0 Å². The Morgan fingerprint density at radius 1 is 0.865 bits per heavy atom. The van der Waals surface area contributed by atoms with Crippen LogP contribution in [0.25, 0.3) is 22.3 Å². The number of hydrogen-bond donors (Lipinski definition) is 5. The number of ether oxygens (including phenoxy) is 1. The van der Waals surface area contributed by atoms with Gasteiger partial charge in [-0.1, -0.05) is 38.1 Å². The van der Waals surface area contributed by atoms with Gasteiger partial charge in [0.1, 0.15) is 22.5 Å². The quantitative estimate of drug-likeness (QED) is 0.183. The van der Waals surface area contributed by atoms with Crippen molar-refractivity contribution in [2.75, 3.05) is 7.11 Å². The van der Waals surface area contributed by atoms with Gasteiger partial charge in [-0.25, -0.2) is 0 Å². The molecule has 0 radical (unpaired) electrons. The third-order valence-electron chi connectivity index (χ3n) is 6.33. The smallest absolute Gasteiger partial charge is 0.306 e. The highest BCUT2D eigenvalue weighted by molar-refractivity contribution is 5.92. The number of methoxy groups -OCH3 is 1. The molecule has 1 unspecified atom stereocenters. The van der Waals surface area contributed by atoms with Crippen molar-refractivity contribution in [2.24, 2.45) is 0 Å². The van der Waals surface area contributed by atoms with E-state index >= 15 is 0 Å². The van der Waals surface area contributed by atoms with Crippen LogP contribution in [0.3, 0.4) is 0 Å². The summed E-state index contributed by atoms with van der Waals surface area (Å²) in [5, 5.41) is 51.2. The fourth-order valence-electron chi connectivity index (χ4n) is 4.29.